The molecule has 1 aliphatic heterocycles. The largest absolute Gasteiger partial charge is 0.490 e. The maximum Gasteiger partial charge on any atom is 0.225 e. The zero-order valence-corrected chi connectivity index (χ0v) is 21.2. The van der Waals surface area contributed by atoms with E-state index in [2.05, 4.69) is 26.0 Å². The van der Waals surface area contributed by atoms with Gasteiger partial charge in [-0.3, -0.25) is 9.59 Å². The molecular formula is C30H43NO3. The number of ketones is 1. The number of ether oxygens (including phenoxy) is 1. The molecule has 4 heteroatoms. The zero-order chi connectivity index (χ0) is 23.9. The van der Waals surface area contributed by atoms with E-state index in [1.54, 1.807) is 0 Å². The summed E-state index contributed by atoms with van der Waals surface area (Å²) in [5.41, 5.74) is 0.764. The number of amides is 1. The summed E-state index contributed by atoms with van der Waals surface area (Å²) in [5.74, 6) is 3.87. The molecule has 2 aliphatic carbocycles. The fourth-order valence-electron chi connectivity index (χ4n) is 6.37. The van der Waals surface area contributed by atoms with Gasteiger partial charge in [-0.1, -0.05) is 51.0 Å². The zero-order valence-electron chi connectivity index (χ0n) is 21.2. The summed E-state index contributed by atoms with van der Waals surface area (Å²) < 4.78 is 6.25. The maximum atomic E-state index is 12.9. The lowest BCUT2D eigenvalue weighted by Gasteiger charge is -2.34. The predicted molar refractivity (Wildman–Crippen MR) is 137 cm³/mol. The van der Waals surface area contributed by atoms with E-state index in [4.69, 9.17) is 4.74 Å². The van der Waals surface area contributed by atoms with E-state index >= 15 is 0 Å². The van der Waals surface area contributed by atoms with Gasteiger partial charge in [0.25, 0.3) is 0 Å². The van der Waals surface area contributed by atoms with Crippen molar-refractivity contribution in [3.05, 3.63) is 42.0 Å². The third-order valence-electron chi connectivity index (χ3n) is 8.23. The summed E-state index contributed by atoms with van der Waals surface area (Å²) >= 11 is 0. The minimum atomic E-state index is 0.107. The third-order valence-corrected chi connectivity index (χ3v) is 8.23. The van der Waals surface area contributed by atoms with Crippen LogP contribution in [0.2, 0.25) is 0 Å². The number of likely N-dealkylation sites (tertiary alicyclic amines) is 1. The molecule has 3 unspecified atom stereocenters. The Morgan fingerprint density at radius 1 is 1.06 bits per heavy atom. The molecule has 1 saturated carbocycles. The molecule has 0 spiro atoms. The van der Waals surface area contributed by atoms with Gasteiger partial charge >= 0.3 is 0 Å². The van der Waals surface area contributed by atoms with Crippen LogP contribution in [0.1, 0.15) is 94.8 Å². The van der Waals surface area contributed by atoms with Crippen molar-refractivity contribution in [3.8, 4) is 5.75 Å². The first-order valence-electron chi connectivity index (χ1n) is 13.8. The number of allylic oxidation sites excluding steroid dienone is 2. The van der Waals surface area contributed by atoms with Gasteiger partial charge in [0, 0.05) is 43.8 Å². The molecule has 4 nitrogen and oxygen atoms in total. The lowest BCUT2D eigenvalue weighted by atomic mass is 9.88. The highest BCUT2D eigenvalue weighted by Gasteiger charge is 2.35. The molecule has 1 heterocycles. The van der Waals surface area contributed by atoms with Gasteiger partial charge in [-0.25, -0.2) is 0 Å². The number of hydrogen-bond donors (Lipinski definition) is 0. The van der Waals surface area contributed by atoms with Crippen LogP contribution in [0.5, 0.6) is 5.75 Å². The van der Waals surface area contributed by atoms with E-state index in [1.165, 1.54) is 19.3 Å². The van der Waals surface area contributed by atoms with Crippen LogP contribution < -0.4 is 4.74 Å². The van der Waals surface area contributed by atoms with Crippen LogP contribution in [0.4, 0.5) is 0 Å². The van der Waals surface area contributed by atoms with Crippen molar-refractivity contribution in [2.45, 2.75) is 90.6 Å². The van der Waals surface area contributed by atoms with E-state index in [0.29, 0.717) is 12.3 Å². The molecule has 0 aromatic heterocycles. The highest BCUT2D eigenvalue weighted by molar-refractivity contribution is 5.96. The summed E-state index contributed by atoms with van der Waals surface area (Å²) in [6.45, 7) is 5.85. The van der Waals surface area contributed by atoms with Crippen molar-refractivity contribution in [1.29, 1.82) is 0 Å². The highest BCUT2D eigenvalue weighted by Crippen LogP contribution is 2.45. The van der Waals surface area contributed by atoms with E-state index in [9.17, 15) is 9.59 Å². The minimum Gasteiger partial charge on any atom is -0.490 e. The first kappa shape index (κ1) is 25.0. The van der Waals surface area contributed by atoms with Crippen molar-refractivity contribution in [1.82, 2.24) is 4.90 Å². The Kier molecular flexibility index (Phi) is 8.86. The number of hydrogen-bond acceptors (Lipinski definition) is 3. The molecule has 186 valence electrons. The molecule has 1 saturated heterocycles. The molecule has 3 atom stereocenters. The molecule has 0 radical (unpaired) electrons. The average Bonchev–Trinajstić information content (AvgIpc) is 3.48. The van der Waals surface area contributed by atoms with Gasteiger partial charge in [0.15, 0.2) is 5.78 Å². The first-order chi connectivity index (χ1) is 16.6. The standard InChI is InChI=1S/C30H43NO3/c1-3-7-23(8-4-2)30(33)31-17-15-27(16-18-31)34-28-11-5-10-26(21-28)29(32)12-6-9-24-19-22-13-14-25(24)20-22/h5,10-11,13-14,21-25,27H,3-4,6-9,12,15-20H2,1-2H3. The van der Waals surface area contributed by atoms with Crippen molar-refractivity contribution < 1.29 is 14.3 Å². The fourth-order valence-corrected chi connectivity index (χ4v) is 6.37. The number of Topliss-reactive ketones (excluding diaryl/α,β-unsaturated/α-hetero) is 1. The van der Waals surface area contributed by atoms with Crippen molar-refractivity contribution in [3.63, 3.8) is 0 Å². The lowest BCUT2D eigenvalue weighted by Crippen LogP contribution is -2.44. The Morgan fingerprint density at radius 2 is 1.82 bits per heavy atom. The van der Waals surface area contributed by atoms with Crippen LogP contribution in [-0.2, 0) is 4.79 Å². The van der Waals surface area contributed by atoms with Gasteiger partial charge in [0.1, 0.15) is 11.9 Å². The van der Waals surface area contributed by atoms with Crippen LogP contribution in [0.3, 0.4) is 0 Å². The van der Waals surface area contributed by atoms with E-state index in [-0.39, 0.29) is 17.8 Å². The van der Waals surface area contributed by atoms with Crippen molar-refractivity contribution in [2.75, 3.05) is 13.1 Å². The van der Waals surface area contributed by atoms with E-state index in [1.807, 2.05) is 29.2 Å². The topological polar surface area (TPSA) is 46.6 Å². The lowest BCUT2D eigenvalue weighted by molar-refractivity contribution is -0.137. The first-order valence-corrected chi connectivity index (χ1v) is 13.8. The number of carbonyl (C=O) groups excluding carboxylic acids is 2. The summed E-state index contributed by atoms with van der Waals surface area (Å²) in [6, 6.07) is 7.72. The average molecular weight is 466 g/mol. The Labute approximate surface area is 206 Å². The Hall–Kier alpha value is -2.10. The van der Waals surface area contributed by atoms with E-state index in [0.717, 1.165) is 87.1 Å². The van der Waals surface area contributed by atoms with Crippen LogP contribution in [0.15, 0.2) is 36.4 Å². The smallest absolute Gasteiger partial charge is 0.225 e. The number of benzene rings is 1. The molecule has 1 aromatic rings. The molecule has 1 amide bonds. The Balaban J connectivity index is 1.21. The normalized spacial score (nSPS) is 24.2. The molecule has 34 heavy (non-hydrogen) atoms. The summed E-state index contributed by atoms with van der Waals surface area (Å²) in [4.78, 5) is 27.8. The third kappa shape index (κ3) is 6.31. The molecule has 3 aliphatic rings. The maximum absolute atomic E-state index is 12.9. The Morgan fingerprint density at radius 3 is 2.47 bits per heavy atom. The number of rotatable bonds is 12. The molecule has 0 N–H and O–H groups in total. The minimum absolute atomic E-state index is 0.107. The van der Waals surface area contributed by atoms with Crippen LogP contribution >= 0.6 is 0 Å². The monoisotopic (exact) mass is 465 g/mol. The second-order valence-electron chi connectivity index (χ2n) is 10.8. The van der Waals surface area contributed by atoms with Gasteiger partial charge < -0.3 is 9.64 Å². The SMILES string of the molecule is CCCC(CCC)C(=O)N1CCC(Oc2cccc(C(=O)CCCC3CC4C=CC3C4)c2)CC1. The van der Waals surface area contributed by atoms with E-state index < -0.39 is 0 Å². The highest BCUT2D eigenvalue weighted by atomic mass is 16.5. The molecular weight excluding hydrogens is 422 g/mol. The van der Waals surface area contributed by atoms with Gasteiger partial charge in [0.2, 0.25) is 5.91 Å². The van der Waals surface area contributed by atoms with Gasteiger partial charge in [-0.15, -0.1) is 0 Å². The molecule has 2 bridgehead atoms. The van der Waals surface area contributed by atoms with Crippen molar-refractivity contribution in [2.24, 2.45) is 23.7 Å². The molecule has 1 aromatic carbocycles. The number of fused-ring (bicyclic) bond motifs is 2. The summed E-state index contributed by atoms with van der Waals surface area (Å²) in [5, 5.41) is 0. The Bertz CT molecular complexity index is 848. The fraction of sp³-hybridized carbons (Fsp3) is 0.667. The van der Waals surface area contributed by atoms with Crippen LogP contribution in [-0.4, -0.2) is 35.8 Å². The number of carbonyl (C=O) groups is 2. The predicted octanol–water partition coefficient (Wildman–Crippen LogP) is 6.84. The van der Waals surface area contributed by atoms with Gasteiger partial charge in [0.05, 0.1) is 0 Å². The van der Waals surface area contributed by atoms with Gasteiger partial charge in [-0.2, -0.15) is 0 Å². The van der Waals surface area contributed by atoms with Crippen LogP contribution in [0, 0.1) is 23.7 Å². The van der Waals surface area contributed by atoms with Crippen LogP contribution in [0.25, 0.3) is 0 Å². The second kappa shape index (κ2) is 12.0. The second-order valence-corrected chi connectivity index (χ2v) is 10.8. The number of nitrogens with zero attached hydrogens (tertiary/aromatic N) is 1. The quantitative estimate of drug-likeness (QED) is 0.251. The molecule has 4 rings (SSSR count). The summed E-state index contributed by atoms with van der Waals surface area (Å²) in [7, 11) is 0. The molecule has 2 fully saturated rings. The van der Waals surface area contributed by atoms with Gasteiger partial charge in [-0.05, 0) is 68.4 Å². The van der Waals surface area contributed by atoms with Crippen molar-refractivity contribution >= 4 is 11.7 Å². The summed E-state index contributed by atoms with van der Waals surface area (Å²) in [6.07, 6.45) is 16.1. The number of piperidine rings is 1.